The van der Waals surface area contributed by atoms with Crippen molar-refractivity contribution in [1.29, 1.82) is 0 Å². The maximum Gasteiger partial charge on any atom is 2.00 e. The number of hydrogen-bond donors (Lipinski definition) is 0. The predicted octanol–water partition coefficient (Wildman–Crippen LogP) is -3.91. The van der Waals surface area contributed by atoms with Crippen LogP contribution in [0.1, 0.15) is 11.1 Å². The van der Waals surface area contributed by atoms with E-state index in [9.17, 15) is 0 Å². The van der Waals surface area contributed by atoms with Crippen molar-refractivity contribution >= 4 is 42.9 Å². The number of anilines is 2. The molecule has 26 heavy (non-hydrogen) atoms. The summed E-state index contributed by atoms with van der Waals surface area (Å²) in [7, 11) is 8.38. The van der Waals surface area contributed by atoms with Crippen LogP contribution in [-0.4, -0.2) is 28.2 Å². The molecule has 0 aliphatic rings. The Kier molecular flexibility index (Phi) is 11.6. The van der Waals surface area contributed by atoms with Crippen molar-refractivity contribution in [2.24, 2.45) is 0 Å². The molecular weight excluding hydrogens is 460 g/mol. The molecule has 138 valence electrons. The average molecular weight is 483 g/mol. The minimum atomic E-state index is 0. The van der Waals surface area contributed by atoms with Crippen molar-refractivity contribution in [3.63, 3.8) is 0 Å². The molecule has 2 nitrogen and oxygen atoms in total. The van der Waals surface area contributed by atoms with Crippen molar-refractivity contribution in [2.75, 3.05) is 38.0 Å². The van der Waals surface area contributed by atoms with Crippen molar-refractivity contribution < 1.29 is 56.7 Å². The summed E-state index contributed by atoms with van der Waals surface area (Å²) in [5, 5.41) is 2.77. The Bertz CT molecular complexity index is 886. The number of nitrogens with zero attached hydrogens (tertiary/aromatic N) is 2. The van der Waals surface area contributed by atoms with Gasteiger partial charge in [-0.15, -0.1) is 0 Å². The summed E-state index contributed by atoms with van der Waals surface area (Å²) in [6, 6.07) is 11.3. The van der Waals surface area contributed by atoms with Crippen molar-refractivity contribution in [3.05, 3.63) is 41.5 Å². The fourth-order valence-corrected chi connectivity index (χ4v) is 4.34. The fourth-order valence-electron chi connectivity index (χ4n) is 2.99. The van der Waals surface area contributed by atoms with E-state index in [0.717, 1.165) is 0 Å². The van der Waals surface area contributed by atoms with Gasteiger partial charge in [-0.2, -0.15) is 0 Å². The van der Waals surface area contributed by atoms with E-state index in [1.54, 1.807) is 0 Å². The molecule has 0 saturated heterocycles. The topological polar surface area (TPSA) is 6.48 Å². The van der Waals surface area contributed by atoms with E-state index in [1.165, 1.54) is 42.7 Å². The zero-order chi connectivity index (χ0) is 16.0. The smallest absolute Gasteiger partial charge is 1.00 e. The van der Waals surface area contributed by atoms with Gasteiger partial charge in [0.2, 0.25) is 20.7 Å². The van der Waals surface area contributed by atoms with Crippen LogP contribution >= 0.6 is 11.3 Å². The SMILES string of the molecule is Cc1cc(N(C)C)cc2[s+]c3cc(N(C)C)ccc3c(C)c12.[Cl-].[Cl-].[Cl-].[Zn+2]. The minimum absolute atomic E-state index is 0. The summed E-state index contributed by atoms with van der Waals surface area (Å²) < 4.78 is 2.72. The molecule has 2 aromatic carbocycles. The van der Waals surface area contributed by atoms with Crippen LogP contribution in [0.2, 0.25) is 0 Å². The monoisotopic (exact) mass is 480 g/mol. The van der Waals surface area contributed by atoms with Crippen LogP contribution in [0.5, 0.6) is 0 Å². The summed E-state index contributed by atoms with van der Waals surface area (Å²) in [6.07, 6.45) is 0. The number of halogens is 3. The molecule has 1 aromatic heterocycles. The van der Waals surface area contributed by atoms with E-state index in [1.807, 2.05) is 11.3 Å². The van der Waals surface area contributed by atoms with Gasteiger partial charge in [0.1, 0.15) is 0 Å². The Morgan fingerprint density at radius 3 is 1.81 bits per heavy atom. The number of aryl methyl sites for hydroxylation is 2. The van der Waals surface area contributed by atoms with Gasteiger partial charge in [0.05, 0.1) is 0 Å². The van der Waals surface area contributed by atoms with E-state index in [0.29, 0.717) is 0 Å². The molecule has 3 rings (SSSR count). The van der Waals surface area contributed by atoms with Gasteiger partial charge in [0.25, 0.3) is 0 Å². The van der Waals surface area contributed by atoms with E-state index >= 15 is 0 Å². The predicted molar refractivity (Wildman–Crippen MR) is 102 cm³/mol. The van der Waals surface area contributed by atoms with E-state index in [2.05, 4.69) is 82.2 Å². The largest absolute Gasteiger partial charge is 2.00 e. The van der Waals surface area contributed by atoms with E-state index in [4.69, 9.17) is 0 Å². The minimum Gasteiger partial charge on any atom is -1.00 e. The Balaban J connectivity index is 0. The van der Waals surface area contributed by atoms with E-state index in [-0.39, 0.29) is 56.7 Å². The molecule has 0 radical (unpaired) electrons. The Hall–Kier alpha value is -0.377. The summed E-state index contributed by atoms with van der Waals surface area (Å²) in [5.74, 6) is 0. The average Bonchev–Trinajstić information content (AvgIpc) is 2.45. The molecule has 0 unspecified atom stereocenters. The van der Waals surface area contributed by atoms with Crippen LogP contribution in [0.15, 0.2) is 30.3 Å². The Morgan fingerprint density at radius 1 is 0.731 bits per heavy atom. The Labute approximate surface area is 191 Å². The second-order valence-electron chi connectivity index (χ2n) is 6.33. The zero-order valence-electron chi connectivity index (χ0n) is 16.0. The van der Waals surface area contributed by atoms with Crippen LogP contribution in [0.4, 0.5) is 11.4 Å². The van der Waals surface area contributed by atoms with Crippen molar-refractivity contribution in [1.82, 2.24) is 0 Å². The Morgan fingerprint density at radius 2 is 1.27 bits per heavy atom. The molecule has 0 amide bonds. The molecular formula is C19H23Cl3N2SZn. The molecule has 3 aromatic rings. The summed E-state index contributed by atoms with van der Waals surface area (Å²) >= 11 is 1.89. The molecule has 0 N–H and O–H groups in total. The molecule has 0 bridgehead atoms. The first kappa shape index (κ1) is 27.8. The number of fused-ring (bicyclic) bond motifs is 2. The third-order valence-electron chi connectivity index (χ3n) is 4.28. The molecule has 0 fully saturated rings. The van der Waals surface area contributed by atoms with Gasteiger partial charge in [-0.3, -0.25) is 0 Å². The fraction of sp³-hybridized carbons (Fsp3) is 0.316. The van der Waals surface area contributed by atoms with Crippen LogP contribution in [-0.2, 0) is 19.5 Å². The summed E-state index contributed by atoms with van der Waals surface area (Å²) in [5.41, 5.74) is 5.26. The second-order valence-corrected chi connectivity index (χ2v) is 7.42. The third kappa shape index (κ3) is 5.11. The van der Waals surface area contributed by atoms with Gasteiger partial charge in [-0.1, -0.05) is 0 Å². The first-order chi connectivity index (χ1) is 10.4. The molecule has 0 aliphatic carbocycles. The van der Waals surface area contributed by atoms with Crippen molar-refractivity contribution in [3.8, 4) is 0 Å². The molecule has 1 heterocycles. The molecule has 0 aliphatic heterocycles. The first-order valence-electron chi connectivity index (χ1n) is 7.54. The van der Waals surface area contributed by atoms with Gasteiger partial charge in [0, 0.05) is 62.5 Å². The molecule has 0 saturated carbocycles. The number of benzene rings is 2. The summed E-state index contributed by atoms with van der Waals surface area (Å²) in [6.45, 7) is 4.46. The van der Waals surface area contributed by atoms with Gasteiger partial charge in [-0.25, -0.2) is 0 Å². The maximum atomic E-state index is 2.31. The van der Waals surface area contributed by atoms with Gasteiger partial charge in [-0.05, 0) is 43.2 Å². The second kappa shape index (κ2) is 10.8. The standard InChI is InChI=1S/C19H23N2S.3ClH.Zn/c1-12-9-15(21(5)6)11-18-19(12)13(2)16-8-7-14(20(3)4)10-17(16)22-18;;;;/h7-11H,1-6H3;3*1H;/q+1;;;;+2/p-3. The van der Waals surface area contributed by atoms with Crippen LogP contribution < -0.4 is 47.0 Å². The molecule has 0 atom stereocenters. The zero-order valence-corrected chi connectivity index (χ0v) is 22.1. The third-order valence-corrected chi connectivity index (χ3v) is 5.38. The molecule has 7 heteroatoms. The van der Waals surface area contributed by atoms with Crippen molar-refractivity contribution in [2.45, 2.75) is 13.8 Å². The van der Waals surface area contributed by atoms with E-state index < -0.39 is 0 Å². The number of rotatable bonds is 2. The normalized spacial score (nSPS) is 9.46. The maximum absolute atomic E-state index is 2.31. The van der Waals surface area contributed by atoms with Gasteiger partial charge >= 0.3 is 19.5 Å². The van der Waals surface area contributed by atoms with Gasteiger partial charge < -0.3 is 47.0 Å². The van der Waals surface area contributed by atoms with Crippen LogP contribution in [0.25, 0.3) is 20.2 Å². The summed E-state index contributed by atoms with van der Waals surface area (Å²) in [4.78, 5) is 4.34. The first-order valence-corrected chi connectivity index (χ1v) is 8.35. The van der Waals surface area contributed by atoms with Crippen LogP contribution in [0.3, 0.4) is 0 Å². The molecule has 0 spiro atoms. The number of hydrogen-bond acceptors (Lipinski definition) is 2. The quantitative estimate of drug-likeness (QED) is 0.209. The van der Waals surface area contributed by atoms with Gasteiger partial charge in [0.15, 0.2) is 0 Å². The van der Waals surface area contributed by atoms with Crippen LogP contribution in [0, 0.1) is 13.8 Å².